The SMILES string of the molecule is COc1ccc(C(=O)N2CCN(c3cccc(N)c3)CC2)cc1. The maximum Gasteiger partial charge on any atom is 0.253 e. The average molecular weight is 311 g/mol. The van der Waals surface area contributed by atoms with Gasteiger partial charge in [0.1, 0.15) is 5.75 Å². The van der Waals surface area contributed by atoms with Crippen molar-refractivity contribution < 1.29 is 9.53 Å². The van der Waals surface area contributed by atoms with E-state index < -0.39 is 0 Å². The zero-order valence-electron chi connectivity index (χ0n) is 13.2. The van der Waals surface area contributed by atoms with Crippen LogP contribution in [-0.2, 0) is 0 Å². The number of amides is 1. The van der Waals surface area contributed by atoms with E-state index in [1.54, 1.807) is 7.11 Å². The highest BCUT2D eigenvalue weighted by Crippen LogP contribution is 2.20. The van der Waals surface area contributed by atoms with Gasteiger partial charge < -0.3 is 20.3 Å². The molecule has 1 heterocycles. The molecule has 0 unspecified atom stereocenters. The Labute approximate surface area is 136 Å². The van der Waals surface area contributed by atoms with Crippen LogP contribution in [0.25, 0.3) is 0 Å². The minimum Gasteiger partial charge on any atom is -0.497 e. The summed E-state index contributed by atoms with van der Waals surface area (Å²) in [5.74, 6) is 0.827. The van der Waals surface area contributed by atoms with Crippen LogP contribution in [-0.4, -0.2) is 44.1 Å². The van der Waals surface area contributed by atoms with E-state index in [9.17, 15) is 4.79 Å². The lowest BCUT2D eigenvalue weighted by molar-refractivity contribution is 0.0747. The first-order valence-electron chi connectivity index (χ1n) is 7.71. The molecule has 0 atom stereocenters. The first-order chi connectivity index (χ1) is 11.2. The quantitative estimate of drug-likeness (QED) is 0.883. The van der Waals surface area contributed by atoms with Crippen molar-refractivity contribution in [2.75, 3.05) is 43.9 Å². The molecule has 2 N–H and O–H groups in total. The van der Waals surface area contributed by atoms with Crippen molar-refractivity contribution in [1.82, 2.24) is 4.90 Å². The molecule has 1 aliphatic rings. The maximum absolute atomic E-state index is 12.5. The van der Waals surface area contributed by atoms with Gasteiger partial charge >= 0.3 is 0 Å². The number of nitrogens with two attached hydrogens (primary N) is 1. The topological polar surface area (TPSA) is 58.8 Å². The summed E-state index contributed by atoms with van der Waals surface area (Å²) in [6.45, 7) is 3.04. The first-order valence-corrected chi connectivity index (χ1v) is 7.71. The number of nitrogen functional groups attached to an aromatic ring is 1. The number of hydrogen-bond acceptors (Lipinski definition) is 4. The van der Waals surface area contributed by atoms with E-state index in [0.717, 1.165) is 30.2 Å². The Kier molecular flexibility index (Phi) is 4.37. The van der Waals surface area contributed by atoms with Crippen LogP contribution in [0.5, 0.6) is 5.75 Å². The summed E-state index contributed by atoms with van der Waals surface area (Å²) in [7, 11) is 1.62. The van der Waals surface area contributed by atoms with E-state index in [4.69, 9.17) is 10.5 Å². The summed E-state index contributed by atoms with van der Waals surface area (Å²) >= 11 is 0. The maximum atomic E-state index is 12.5. The summed E-state index contributed by atoms with van der Waals surface area (Å²) in [4.78, 5) is 16.7. The average Bonchev–Trinajstić information content (AvgIpc) is 2.61. The number of rotatable bonds is 3. The number of anilines is 2. The molecule has 0 radical (unpaired) electrons. The molecule has 120 valence electrons. The van der Waals surface area contributed by atoms with Crippen LogP contribution in [0.4, 0.5) is 11.4 Å². The third-order valence-electron chi connectivity index (χ3n) is 4.14. The highest BCUT2D eigenvalue weighted by Gasteiger charge is 2.22. The zero-order chi connectivity index (χ0) is 16.2. The Morgan fingerprint density at radius 2 is 1.74 bits per heavy atom. The van der Waals surface area contributed by atoms with Gasteiger partial charge in [0.25, 0.3) is 5.91 Å². The molecule has 1 fully saturated rings. The number of methoxy groups -OCH3 is 1. The van der Waals surface area contributed by atoms with Crippen molar-refractivity contribution in [3.05, 3.63) is 54.1 Å². The van der Waals surface area contributed by atoms with Crippen molar-refractivity contribution in [3.8, 4) is 5.75 Å². The lowest BCUT2D eigenvalue weighted by atomic mass is 10.1. The lowest BCUT2D eigenvalue weighted by Gasteiger charge is -2.36. The minimum absolute atomic E-state index is 0.0693. The summed E-state index contributed by atoms with van der Waals surface area (Å²) in [5, 5.41) is 0. The van der Waals surface area contributed by atoms with E-state index in [1.807, 2.05) is 47.4 Å². The molecule has 5 heteroatoms. The Morgan fingerprint density at radius 1 is 1.04 bits per heavy atom. The summed E-state index contributed by atoms with van der Waals surface area (Å²) in [6, 6.07) is 15.1. The van der Waals surface area contributed by atoms with Gasteiger partial charge in [-0.3, -0.25) is 4.79 Å². The van der Waals surface area contributed by atoms with Gasteiger partial charge in [-0.05, 0) is 42.5 Å². The Bertz CT molecular complexity index is 677. The normalized spacial score (nSPS) is 14.7. The second-order valence-electron chi connectivity index (χ2n) is 5.60. The molecule has 1 amide bonds. The first kappa shape index (κ1) is 15.2. The monoisotopic (exact) mass is 311 g/mol. The number of piperazine rings is 1. The molecule has 0 aliphatic carbocycles. The van der Waals surface area contributed by atoms with Gasteiger partial charge in [0.2, 0.25) is 0 Å². The fourth-order valence-electron chi connectivity index (χ4n) is 2.81. The molecule has 0 bridgehead atoms. The number of benzene rings is 2. The molecular weight excluding hydrogens is 290 g/mol. The van der Waals surface area contributed by atoms with Crippen molar-refractivity contribution in [3.63, 3.8) is 0 Å². The molecule has 1 aliphatic heterocycles. The van der Waals surface area contributed by atoms with Crippen LogP contribution in [0.15, 0.2) is 48.5 Å². The van der Waals surface area contributed by atoms with Gasteiger partial charge in [-0.2, -0.15) is 0 Å². The second-order valence-corrected chi connectivity index (χ2v) is 5.60. The Morgan fingerprint density at radius 3 is 2.35 bits per heavy atom. The second kappa shape index (κ2) is 6.60. The van der Waals surface area contributed by atoms with E-state index in [2.05, 4.69) is 11.0 Å². The smallest absolute Gasteiger partial charge is 0.253 e. The molecule has 2 aromatic carbocycles. The summed E-state index contributed by atoms with van der Waals surface area (Å²) < 4.78 is 5.13. The Hall–Kier alpha value is -2.69. The van der Waals surface area contributed by atoms with E-state index >= 15 is 0 Å². The zero-order valence-corrected chi connectivity index (χ0v) is 13.2. The molecular formula is C18H21N3O2. The molecule has 0 aromatic heterocycles. The standard InChI is InChI=1S/C18H21N3O2/c1-23-17-7-5-14(6-8-17)18(22)21-11-9-20(10-12-21)16-4-2-3-15(19)13-16/h2-8,13H,9-12,19H2,1H3. The highest BCUT2D eigenvalue weighted by atomic mass is 16.5. The largest absolute Gasteiger partial charge is 0.497 e. The highest BCUT2D eigenvalue weighted by molar-refractivity contribution is 5.94. The van der Waals surface area contributed by atoms with Gasteiger partial charge in [-0.1, -0.05) is 6.07 Å². The number of carbonyl (C=O) groups is 1. The number of carbonyl (C=O) groups excluding carboxylic acids is 1. The van der Waals surface area contributed by atoms with Crippen LogP contribution < -0.4 is 15.4 Å². The summed E-state index contributed by atoms with van der Waals surface area (Å²) in [5.41, 5.74) is 8.41. The van der Waals surface area contributed by atoms with Crippen LogP contribution in [0, 0.1) is 0 Å². The van der Waals surface area contributed by atoms with E-state index in [-0.39, 0.29) is 5.91 Å². The predicted molar refractivity (Wildman–Crippen MR) is 92.0 cm³/mol. The molecule has 3 rings (SSSR count). The fourth-order valence-corrected chi connectivity index (χ4v) is 2.81. The van der Waals surface area contributed by atoms with E-state index in [1.165, 1.54) is 0 Å². The predicted octanol–water partition coefficient (Wildman–Crippen LogP) is 2.24. The summed E-state index contributed by atoms with van der Waals surface area (Å²) in [6.07, 6.45) is 0. The van der Waals surface area contributed by atoms with Crippen molar-refractivity contribution >= 4 is 17.3 Å². The number of ether oxygens (including phenoxy) is 1. The van der Waals surface area contributed by atoms with Crippen LogP contribution in [0.3, 0.4) is 0 Å². The van der Waals surface area contributed by atoms with Crippen molar-refractivity contribution in [1.29, 1.82) is 0 Å². The van der Waals surface area contributed by atoms with Gasteiger partial charge in [0.05, 0.1) is 7.11 Å². The molecule has 0 spiro atoms. The minimum atomic E-state index is 0.0693. The van der Waals surface area contributed by atoms with E-state index in [0.29, 0.717) is 18.7 Å². The molecule has 1 saturated heterocycles. The van der Waals surface area contributed by atoms with Crippen LogP contribution >= 0.6 is 0 Å². The van der Waals surface area contributed by atoms with Crippen LogP contribution in [0.2, 0.25) is 0 Å². The van der Waals surface area contributed by atoms with Crippen LogP contribution in [0.1, 0.15) is 10.4 Å². The van der Waals surface area contributed by atoms with Gasteiger partial charge in [0.15, 0.2) is 0 Å². The van der Waals surface area contributed by atoms with Crippen molar-refractivity contribution in [2.45, 2.75) is 0 Å². The van der Waals surface area contributed by atoms with Gasteiger partial charge in [-0.25, -0.2) is 0 Å². The third-order valence-corrected chi connectivity index (χ3v) is 4.14. The number of nitrogens with zero attached hydrogens (tertiary/aromatic N) is 2. The molecule has 23 heavy (non-hydrogen) atoms. The molecule has 0 saturated carbocycles. The number of hydrogen-bond donors (Lipinski definition) is 1. The molecule has 5 nitrogen and oxygen atoms in total. The Balaban J connectivity index is 1.62. The van der Waals surface area contributed by atoms with Crippen molar-refractivity contribution in [2.24, 2.45) is 0 Å². The molecule has 2 aromatic rings. The van der Waals surface area contributed by atoms with Gasteiger partial charge in [0, 0.05) is 43.1 Å². The van der Waals surface area contributed by atoms with Gasteiger partial charge in [-0.15, -0.1) is 0 Å². The fraction of sp³-hybridized carbons (Fsp3) is 0.278. The lowest BCUT2D eigenvalue weighted by Crippen LogP contribution is -2.48. The third kappa shape index (κ3) is 3.39.